The highest BCUT2D eigenvalue weighted by Gasteiger charge is 2.23. The topological polar surface area (TPSA) is 54.3 Å². The Morgan fingerprint density at radius 2 is 1.90 bits per heavy atom. The Kier molecular flexibility index (Phi) is 3.69. The Hall–Kier alpha value is -2.23. The summed E-state index contributed by atoms with van der Waals surface area (Å²) in [5.74, 6) is 1.83. The van der Waals surface area contributed by atoms with Gasteiger partial charge in [-0.05, 0) is 63.1 Å². The molecule has 1 fully saturated rings. The van der Waals surface area contributed by atoms with Gasteiger partial charge in [-0.15, -0.1) is 0 Å². The first kappa shape index (κ1) is 13.7. The molecule has 2 aromatic rings. The van der Waals surface area contributed by atoms with Crippen molar-refractivity contribution in [1.82, 2.24) is 5.32 Å². The normalized spacial score (nSPS) is 15.5. The molecule has 0 aliphatic heterocycles. The molecular weight excluding hydrogens is 264 g/mol. The molecule has 2 N–H and O–H groups in total. The van der Waals surface area contributed by atoms with Gasteiger partial charge in [-0.2, -0.15) is 0 Å². The molecule has 21 heavy (non-hydrogen) atoms. The largest absolute Gasteiger partial charge is 0.464 e. The second kappa shape index (κ2) is 5.64. The van der Waals surface area contributed by atoms with Crippen LogP contribution >= 0.6 is 0 Å². The van der Waals surface area contributed by atoms with Gasteiger partial charge in [0.25, 0.3) is 5.91 Å². The number of nitrogens with one attached hydrogen (secondary N) is 2. The molecule has 4 nitrogen and oxygen atoms in total. The number of rotatable bonds is 5. The Labute approximate surface area is 124 Å². The smallest absolute Gasteiger partial charge is 0.251 e. The zero-order chi connectivity index (χ0) is 14.8. The van der Waals surface area contributed by atoms with E-state index in [1.165, 1.54) is 0 Å². The molecule has 1 atom stereocenters. The Morgan fingerprint density at radius 3 is 2.48 bits per heavy atom. The molecule has 1 unspecified atom stereocenters. The third-order valence-corrected chi connectivity index (χ3v) is 3.63. The maximum absolute atomic E-state index is 11.9. The molecule has 3 rings (SSSR count). The Morgan fingerprint density at radius 1 is 1.19 bits per heavy atom. The fourth-order valence-electron chi connectivity index (χ4n) is 2.22. The van der Waals surface area contributed by atoms with Crippen molar-refractivity contribution in [3.63, 3.8) is 0 Å². The predicted molar refractivity (Wildman–Crippen MR) is 82.4 cm³/mol. The van der Waals surface area contributed by atoms with Crippen LogP contribution in [0.1, 0.15) is 47.7 Å². The summed E-state index contributed by atoms with van der Waals surface area (Å²) in [6.07, 6.45) is 2.21. The first-order chi connectivity index (χ1) is 10.1. The maximum Gasteiger partial charge on any atom is 0.251 e. The van der Waals surface area contributed by atoms with Crippen LogP contribution in [0.4, 0.5) is 5.69 Å². The third-order valence-electron chi connectivity index (χ3n) is 3.63. The average molecular weight is 284 g/mol. The average Bonchev–Trinajstić information content (AvgIpc) is 3.17. The summed E-state index contributed by atoms with van der Waals surface area (Å²) in [6, 6.07) is 12.0. The molecular formula is C17H20N2O2. The number of amides is 1. The molecule has 1 aromatic heterocycles. The van der Waals surface area contributed by atoms with E-state index in [0.717, 1.165) is 30.0 Å². The fourth-order valence-corrected chi connectivity index (χ4v) is 2.22. The number of hydrogen-bond donors (Lipinski definition) is 2. The first-order valence-electron chi connectivity index (χ1n) is 7.35. The molecule has 1 saturated carbocycles. The second-order valence-corrected chi connectivity index (χ2v) is 5.64. The predicted octanol–water partition coefficient (Wildman–Crippen LogP) is 3.65. The van der Waals surface area contributed by atoms with Gasteiger partial charge in [0.2, 0.25) is 0 Å². The van der Waals surface area contributed by atoms with Crippen LogP contribution in [0.2, 0.25) is 0 Å². The SMILES string of the molecule is Cc1ccc(C(C)Nc2ccc(C(=O)NC3CC3)cc2)o1. The highest BCUT2D eigenvalue weighted by molar-refractivity contribution is 5.94. The van der Waals surface area contributed by atoms with E-state index in [0.29, 0.717) is 11.6 Å². The van der Waals surface area contributed by atoms with Crippen molar-refractivity contribution >= 4 is 11.6 Å². The standard InChI is InChI=1S/C17H20N2O2/c1-11-3-10-16(21-11)12(2)18-14-6-4-13(5-7-14)17(20)19-15-8-9-15/h3-7,10,12,15,18H,8-9H2,1-2H3,(H,19,20). The molecule has 1 aliphatic carbocycles. The molecule has 1 heterocycles. The van der Waals surface area contributed by atoms with Crippen LogP contribution < -0.4 is 10.6 Å². The van der Waals surface area contributed by atoms with Crippen molar-refractivity contribution < 1.29 is 9.21 Å². The van der Waals surface area contributed by atoms with E-state index in [1.807, 2.05) is 50.2 Å². The number of hydrogen-bond acceptors (Lipinski definition) is 3. The Bertz CT molecular complexity index is 626. The first-order valence-corrected chi connectivity index (χ1v) is 7.35. The van der Waals surface area contributed by atoms with E-state index in [1.54, 1.807) is 0 Å². The van der Waals surface area contributed by atoms with Gasteiger partial charge in [0.1, 0.15) is 11.5 Å². The quantitative estimate of drug-likeness (QED) is 0.881. The van der Waals surface area contributed by atoms with Crippen molar-refractivity contribution in [3.8, 4) is 0 Å². The fraction of sp³-hybridized carbons (Fsp3) is 0.353. The van der Waals surface area contributed by atoms with E-state index >= 15 is 0 Å². The van der Waals surface area contributed by atoms with E-state index in [2.05, 4.69) is 10.6 Å². The summed E-state index contributed by atoms with van der Waals surface area (Å²) in [5, 5.41) is 6.35. The molecule has 110 valence electrons. The van der Waals surface area contributed by atoms with Gasteiger partial charge in [-0.3, -0.25) is 4.79 Å². The summed E-state index contributed by atoms with van der Waals surface area (Å²) in [6.45, 7) is 3.98. The lowest BCUT2D eigenvalue weighted by Gasteiger charge is -2.13. The number of aryl methyl sites for hydroxylation is 1. The van der Waals surface area contributed by atoms with Crippen LogP contribution in [0, 0.1) is 6.92 Å². The summed E-state index contributed by atoms with van der Waals surface area (Å²) < 4.78 is 5.60. The molecule has 4 heteroatoms. The van der Waals surface area contributed by atoms with Crippen molar-refractivity contribution in [3.05, 3.63) is 53.5 Å². The van der Waals surface area contributed by atoms with Crippen molar-refractivity contribution in [2.24, 2.45) is 0 Å². The minimum Gasteiger partial charge on any atom is -0.464 e. The lowest BCUT2D eigenvalue weighted by molar-refractivity contribution is 0.0951. The second-order valence-electron chi connectivity index (χ2n) is 5.64. The van der Waals surface area contributed by atoms with Gasteiger partial charge in [-0.1, -0.05) is 0 Å². The van der Waals surface area contributed by atoms with Crippen molar-refractivity contribution in [2.75, 3.05) is 5.32 Å². The molecule has 1 amide bonds. The zero-order valence-electron chi connectivity index (χ0n) is 12.3. The molecule has 0 bridgehead atoms. The van der Waals surface area contributed by atoms with E-state index in [-0.39, 0.29) is 11.9 Å². The van der Waals surface area contributed by atoms with Crippen LogP contribution in [-0.4, -0.2) is 11.9 Å². The molecule has 0 saturated heterocycles. The van der Waals surface area contributed by atoms with Crippen molar-refractivity contribution in [1.29, 1.82) is 0 Å². The van der Waals surface area contributed by atoms with Gasteiger partial charge >= 0.3 is 0 Å². The molecule has 1 aromatic carbocycles. The minimum absolute atomic E-state index is 0.0127. The van der Waals surface area contributed by atoms with Gasteiger partial charge < -0.3 is 15.1 Å². The van der Waals surface area contributed by atoms with Crippen LogP contribution in [0.25, 0.3) is 0 Å². The van der Waals surface area contributed by atoms with E-state index in [9.17, 15) is 4.79 Å². The van der Waals surface area contributed by atoms with Crippen molar-refractivity contribution in [2.45, 2.75) is 38.8 Å². The Balaban J connectivity index is 1.62. The maximum atomic E-state index is 11.9. The van der Waals surface area contributed by atoms with E-state index in [4.69, 9.17) is 4.42 Å². The van der Waals surface area contributed by atoms with Crippen LogP contribution in [0.5, 0.6) is 0 Å². The number of furan rings is 1. The number of anilines is 1. The lowest BCUT2D eigenvalue weighted by atomic mass is 10.1. The number of carbonyl (C=O) groups is 1. The summed E-state index contributed by atoms with van der Waals surface area (Å²) in [4.78, 5) is 11.9. The van der Waals surface area contributed by atoms with E-state index < -0.39 is 0 Å². The summed E-state index contributed by atoms with van der Waals surface area (Å²) in [5.41, 5.74) is 1.67. The highest BCUT2D eigenvalue weighted by atomic mass is 16.3. The number of benzene rings is 1. The monoisotopic (exact) mass is 284 g/mol. The summed E-state index contributed by atoms with van der Waals surface area (Å²) >= 11 is 0. The van der Waals surface area contributed by atoms with Crippen LogP contribution in [0.15, 0.2) is 40.8 Å². The van der Waals surface area contributed by atoms with Crippen LogP contribution in [0.3, 0.4) is 0 Å². The van der Waals surface area contributed by atoms with Gasteiger partial charge in [-0.25, -0.2) is 0 Å². The molecule has 0 radical (unpaired) electrons. The lowest BCUT2D eigenvalue weighted by Crippen LogP contribution is -2.25. The highest BCUT2D eigenvalue weighted by Crippen LogP contribution is 2.22. The minimum atomic E-state index is 0.0127. The van der Waals surface area contributed by atoms with Gasteiger partial charge in [0.15, 0.2) is 0 Å². The van der Waals surface area contributed by atoms with Gasteiger partial charge in [0, 0.05) is 17.3 Å². The molecule has 1 aliphatic rings. The zero-order valence-corrected chi connectivity index (χ0v) is 12.3. The third kappa shape index (κ3) is 3.45. The molecule has 0 spiro atoms. The number of carbonyl (C=O) groups excluding carboxylic acids is 1. The van der Waals surface area contributed by atoms with Crippen LogP contribution in [-0.2, 0) is 0 Å². The van der Waals surface area contributed by atoms with Gasteiger partial charge in [0.05, 0.1) is 6.04 Å². The summed E-state index contributed by atoms with van der Waals surface area (Å²) in [7, 11) is 0.